The Bertz CT molecular complexity index is 1850. The van der Waals surface area contributed by atoms with E-state index < -0.39 is 11.1 Å². The average molecular weight is 578 g/mol. The zero-order valence-electron chi connectivity index (χ0n) is 18.3. The van der Waals surface area contributed by atoms with Crippen LogP contribution in [0.5, 0.6) is 0 Å². The summed E-state index contributed by atoms with van der Waals surface area (Å²) in [5.41, 5.74) is 2.06. The summed E-state index contributed by atoms with van der Waals surface area (Å²) in [5, 5.41) is 4.92. The number of benzene rings is 3. The summed E-state index contributed by atoms with van der Waals surface area (Å²) in [4.78, 5) is 45.8. The summed E-state index contributed by atoms with van der Waals surface area (Å²) >= 11 is 10.5. The third-order valence-electron chi connectivity index (χ3n) is 5.87. The van der Waals surface area contributed by atoms with Gasteiger partial charge in [0.25, 0.3) is 11.5 Å². The van der Waals surface area contributed by atoms with E-state index in [9.17, 15) is 14.4 Å². The molecule has 6 rings (SSSR count). The molecule has 0 aliphatic carbocycles. The van der Waals surface area contributed by atoms with Crippen LogP contribution in [0.3, 0.4) is 0 Å². The molecule has 10 heteroatoms. The van der Waals surface area contributed by atoms with Gasteiger partial charge < -0.3 is 4.90 Å². The van der Waals surface area contributed by atoms with E-state index in [1.54, 1.807) is 41.3 Å². The van der Waals surface area contributed by atoms with Gasteiger partial charge in [0.2, 0.25) is 4.96 Å². The van der Waals surface area contributed by atoms with Crippen molar-refractivity contribution in [1.29, 1.82) is 0 Å². The number of amides is 1. The molecule has 176 valence electrons. The highest BCUT2D eigenvalue weighted by Gasteiger charge is 2.34. The van der Waals surface area contributed by atoms with Crippen molar-refractivity contribution < 1.29 is 4.79 Å². The number of hydrogen-bond acceptors (Lipinski definition) is 6. The number of carbonyl (C=O) groups excluding carboxylic acids is 1. The van der Waals surface area contributed by atoms with Gasteiger partial charge in [-0.2, -0.15) is 14.6 Å². The van der Waals surface area contributed by atoms with Crippen molar-refractivity contribution >= 4 is 61.0 Å². The predicted molar refractivity (Wildman–Crippen MR) is 143 cm³/mol. The van der Waals surface area contributed by atoms with Gasteiger partial charge in [-0.15, -0.1) is 0 Å². The van der Waals surface area contributed by atoms with E-state index >= 15 is 0 Å². The number of nitrogens with zero attached hydrogens (tertiary/aromatic N) is 4. The smallest absolute Gasteiger partial charge is 0.300 e. The maximum absolute atomic E-state index is 13.7. The van der Waals surface area contributed by atoms with Crippen molar-refractivity contribution in [3.63, 3.8) is 0 Å². The molecule has 7 nitrogen and oxygen atoms in total. The molecule has 0 radical (unpaired) electrons. The zero-order valence-corrected chi connectivity index (χ0v) is 21.5. The maximum Gasteiger partial charge on any atom is 0.300 e. The van der Waals surface area contributed by atoms with Crippen LogP contribution >= 0.6 is 38.9 Å². The number of anilines is 1. The first kappa shape index (κ1) is 22.8. The van der Waals surface area contributed by atoms with Crippen molar-refractivity contribution in [3.8, 4) is 11.3 Å². The van der Waals surface area contributed by atoms with E-state index in [2.05, 4.69) is 26.0 Å². The maximum atomic E-state index is 13.7. The number of rotatable bonds is 3. The first-order valence-corrected chi connectivity index (χ1v) is 12.8. The molecule has 0 saturated heterocycles. The fourth-order valence-corrected chi connectivity index (χ4v) is 5.67. The van der Waals surface area contributed by atoms with Crippen molar-refractivity contribution in [2.45, 2.75) is 6.54 Å². The Morgan fingerprint density at radius 3 is 2.44 bits per heavy atom. The Hall–Kier alpha value is -3.66. The van der Waals surface area contributed by atoms with Gasteiger partial charge in [-0.3, -0.25) is 14.4 Å². The summed E-state index contributed by atoms with van der Waals surface area (Å²) in [6, 6.07) is 21.6. The molecule has 1 aliphatic heterocycles. The molecule has 3 heterocycles. The Morgan fingerprint density at radius 2 is 1.69 bits per heavy atom. The Kier molecular flexibility index (Phi) is 5.55. The Morgan fingerprint density at radius 1 is 0.944 bits per heavy atom. The van der Waals surface area contributed by atoms with Crippen LogP contribution in [0.4, 0.5) is 5.69 Å². The molecule has 0 saturated carbocycles. The van der Waals surface area contributed by atoms with Gasteiger partial charge in [-0.1, -0.05) is 81.3 Å². The van der Waals surface area contributed by atoms with Crippen molar-refractivity contribution in [1.82, 2.24) is 14.6 Å². The molecule has 36 heavy (non-hydrogen) atoms. The number of hydrogen-bond donors (Lipinski definition) is 0. The molecule has 0 fully saturated rings. The zero-order chi connectivity index (χ0) is 25.0. The molecule has 0 atom stereocenters. The number of thiazole rings is 1. The van der Waals surface area contributed by atoms with E-state index in [0.29, 0.717) is 28.4 Å². The monoisotopic (exact) mass is 576 g/mol. The minimum Gasteiger partial charge on any atom is -0.303 e. The average Bonchev–Trinajstić information content (AvgIpc) is 3.32. The van der Waals surface area contributed by atoms with E-state index in [4.69, 9.17) is 11.6 Å². The minimum absolute atomic E-state index is 0.0739. The number of halogens is 2. The summed E-state index contributed by atoms with van der Waals surface area (Å²) < 4.78 is 2.05. The molecule has 0 bridgehead atoms. The molecule has 5 aromatic rings. The molecule has 2 aromatic heterocycles. The highest BCUT2D eigenvalue weighted by molar-refractivity contribution is 9.10. The van der Waals surface area contributed by atoms with Crippen LogP contribution in [0.2, 0.25) is 5.02 Å². The summed E-state index contributed by atoms with van der Waals surface area (Å²) in [5.74, 6) is -0.312. The first-order valence-electron chi connectivity index (χ1n) is 10.8. The van der Waals surface area contributed by atoms with E-state index in [0.717, 1.165) is 25.9 Å². The van der Waals surface area contributed by atoms with Crippen molar-refractivity contribution in [3.05, 3.63) is 119 Å². The lowest BCUT2D eigenvalue weighted by Crippen LogP contribution is -2.32. The van der Waals surface area contributed by atoms with Crippen LogP contribution < -0.4 is 20.6 Å². The largest absolute Gasteiger partial charge is 0.303 e. The predicted octanol–water partition coefficient (Wildman–Crippen LogP) is 4.06. The quantitative estimate of drug-likeness (QED) is 0.323. The Labute approximate surface area is 221 Å². The van der Waals surface area contributed by atoms with Crippen LogP contribution in [0.15, 0.2) is 86.9 Å². The first-order chi connectivity index (χ1) is 17.4. The second-order valence-electron chi connectivity index (χ2n) is 8.12. The van der Waals surface area contributed by atoms with Crippen LogP contribution in [-0.4, -0.2) is 20.5 Å². The molecule has 1 aliphatic rings. The van der Waals surface area contributed by atoms with Crippen molar-refractivity contribution in [2.75, 3.05) is 4.90 Å². The van der Waals surface area contributed by atoms with Crippen LogP contribution in [0.25, 0.3) is 21.8 Å². The van der Waals surface area contributed by atoms with E-state index in [1.807, 2.05) is 36.4 Å². The fourth-order valence-electron chi connectivity index (χ4n) is 4.19. The highest BCUT2D eigenvalue weighted by atomic mass is 79.9. The third-order valence-corrected chi connectivity index (χ3v) is 7.64. The number of aromatic nitrogens is 3. The molecule has 0 unspecified atom stereocenters. The third kappa shape index (κ3) is 3.76. The van der Waals surface area contributed by atoms with Crippen molar-refractivity contribution in [2.24, 2.45) is 0 Å². The summed E-state index contributed by atoms with van der Waals surface area (Å²) in [6.07, 6.45) is 0. The van der Waals surface area contributed by atoms with Gasteiger partial charge in [0.05, 0.1) is 17.8 Å². The van der Waals surface area contributed by atoms with Gasteiger partial charge in [-0.05, 0) is 35.9 Å². The molecule has 0 spiro atoms. The molecule has 0 N–H and O–H groups in total. The van der Waals surface area contributed by atoms with Crippen LogP contribution in [0, 0.1) is 0 Å². The molecular formula is C26H14BrClN4O3S. The van der Waals surface area contributed by atoms with Crippen LogP contribution in [0.1, 0.15) is 11.1 Å². The van der Waals surface area contributed by atoms with E-state index in [-0.39, 0.29) is 26.7 Å². The lowest BCUT2D eigenvalue weighted by Gasteiger charge is -2.17. The second-order valence-corrected chi connectivity index (χ2v) is 10.4. The fraction of sp³-hybridized carbons (Fsp3) is 0.0385. The lowest BCUT2D eigenvalue weighted by molar-refractivity contribution is -0.113. The molecule has 1 amide bonds. The van der Waals surface area contributed by atoms with Gasteiger partial charge in [0.1, 0.15) is 4.53 Å². The summed E-state index contributed by atoms with van der Waals surface area (Å²) in [7, 11) is 0. The van der Waals surface area contributed by atoms with E-state index in [1.165, 1.54) is 0 Å². The van der Waals surface area contributed by atoms with Crippen LogP contribution in [-0.2, 0) is 11.3 Å². The number of fused-ring (bicyclic) bond motifs is 2. The highest BCUT2D eigenvalue weighted by Crippen LogP contribution is 2.38. The SMILES string of the molecule is O=C1/C(=c2\sc3nc(=O)c(-c4ccccc4)nn3c2=O)c2cc(Br)ccc2N1Cc1ccc(Cl)cc1. The minimum atomic E-state index is -0.538. The second kappa shape index (κ2) is 8.77. The number of carbonyl (C=O) groups is 1. The normalized spacial score (nSPS) is 14.5. The molecule has 3 aromatic carbocycles. The Balaban J connectivity index is 1.57. The summed E-state index contributed by atoms with van der Waals surface area (Å²) in [6.45, 7) is 0.305. The van der Waals surface area contributed by atoms with Gasteiger partial charge in [-0.25, -0.2) is 0 Å². The standard InChI is InChI=1S/C26H14BrClN4O3S/c27-16-8-11-19-18(12-16)20(24(34)31(19)13-14-6-9-17(28)10-7-14)22-25(35)32-26(36-22)29-23(33)21(30-32)15-4-2-1-3-5-15/h1-12H,13H2/b22-20-. The van der Waals surface area contributed by atoms with Gasteiger partial charge in [0.15, 0.2) is 5.69 Å². The lowest BCUT2D eigenvalue weighted by atomic mass is 10.1. The van der Waals surface area contributed by atoms with Gasteiger partial charge >= 0.3 is 5.56 Å². The molecular weight excluding hydrogens is 564 g/mol. The van der Waals surface area contributed by atoms with Gasteiger partial charge in [0, 0.05) is 20.6 Å². The topological polar surface area (TPSA) is 84.6 Å².